The zero-order valence-electron chi connectivity index (χ0n) is 24.7. The number of hydrogen-bond acceptors (Lipinski definition) is 6. The van der Waals surface area contributed by atoms with Gasteiger partial charge in [-0.2, -0.15) is 0 Å². The number of aromatic nitrogens is 2. The summed E-state index contributed by atoms with van der Waals surface area (Å²) >= 11 is 0. The largest absolute Gasteiger partial charge is 0.489 e. The van der Waals surface area contributed by atoms with Crippen LogP contribution in [0.25, 0.3) is 11.3 Å². The van der Waals surface area contributed by atoms with Gasteiger partial charge in [0.15, 0.2) is 11.9 Å². The van der Waals surface area contributed by atoms with Crippen LogP contribution in [-0.4, -0.2) is 46.3 Å². The number of piperidine rings is 1. The van der Waals surface area contributed by atoms with Gasteiger partial charge >= 0.3 is 5.97 Å². The molecule has 1 aliphatic rings. The number of anilines is 1. The van der Waals surface area contributed by atoms with Crippen molar-refractivity contribution in [2.24, 2.45) is 5.41 Å². The summed E-state index contributed by atoms with van der Waals surface area (Å²) in [6.45, 7) is 14.6. The molecule has 40 heavy (non-hydrogen) atoms. The first-order valence-electron chi connectivity index (χ1n) is 14.2. The van der Waals surface area contributed by atoms with Gasteiger partial charge in [0.05, 0.1) is 29.3 Å². The number of carboxylic acid groups (broad SMARTS) is 1. The molecule has 0 spiro atoms. The van der Waals surface area contributed by atoms with E-state index in [1.54, 1.807) is 12.4 Å². The van der Waals surface area contributed by atoms with E-state index in [-0.39, 0.29) is 0 Å². The van der Waals surface area contributed by atoms with E-state index in [4.69, 9.17) is 14.5 Å². The Balaban J connectivity index is 1.63. The minimum atomic E-state index is -1.12. The molecule has 1 N–H and O–H groups in total. The van der Waals surface area contributed by atoms with E-state index in [1.807, 2.05) is 39.8 Å². The topological polar surface area (TPSA) is 84.8 Å². The van der Waals surface area contributed by atoms with E-state index in [1.165, 1.54) is 5.56 Å². The van der Waals surface area contributed by atoms with Gasteiger partial charge in [-0.15, -0.1) is 0 Å². The van der Waals surface area contributed by atoms with Crippen molar-refractivity contribution in [3.05, 3.63) is 71.7 Å². The second-order valence-electron chi connectivity index (χ2n) is 12.5. The number of nitrogens with zero attached hydrogens (tertiary/aromatic N) is 3. The SMILES string of the molecule is Cc1nc(-c2cncc([C@H](OC(C)(C)C)C(=O)O)c2)cc(N2CCC(C)(C)CC2)c1OCCCc1ccccc1. The first kappa shape index (κ1) is 29.5. The minimum absolute atomic E-state index is 0.315. The van der Waals surface area contributed by atoms with E-state index in [0.29, 0.717) is 17.6 Å². The van der Waals surface area contributed by atoms with E-state index in [0.717, 1.165) is 67.2 Å². The quantitative estimate of drug-likeness (QED) is 0.274. The lowest BCUT2D eigenvalue weighted by Gasteiger charge is -2.39. The summed E-state index contributed by atoms with van der Waals surface area (Å²) in [5, 5.41) is 9.87. The molecule has 0 unspecified atom stereocenters. The number of ether oxygens (including phenoxy) is 2. The maximum atomic E-state index is 12.1. The number of aliphatic carboxylic acids is 1. The third kappa shape index (κ3) is 7.81. The van der Waals surface area contributed by atoms with Crippen LogP contribution in [0, 0.1) is 12.3 Å². The lowest BCUT2D eigenvalue weighted by Crippen LogP contribution is -2.37. The summed E-state index contributed by atoms with van der Waals surface area (Å²) in [6, 6.07) is 14.3. The van der Waals surface area contributed by atoms with Crippen molar-refractivity contribution in [3.8, 4) is 17.0 Å². The first-order chi connectivity index (χ1) is 18.9. The summed E-state index contributed by atoms with van der Waals surface area (Å²) < 4.78 is 12.3. The van der Waals surface area contributed by atoms with Crippen LogP contribution >= 0.6 is 0 Å². The van der Waals surface area contributed by atoms with Crippen molar-refractivity contribution in [1.29, 1.82) is 0 Å². The zero-order chi connectivity index (χ0) is 28.9. The van der Waals surface area contributed by atoms with E-state index < -0.39 is 17.7 Å². The van der Waals surface area contributed by atoms with E-state index in [9.17, 15) is 9.90 Å². The second kappa shape index (κ2) is 12.4. The highest BCUT2D eigenvalue weighted by atomic mass is 16.5. The summed E-state index contributed by atoms with van der Waals surface area (Å²) in [5.41, 5.74) is 4.81. The Morgan fingerprint density at radius 2 is 1.80 bits per heavy atom. The molecular formula is C33H43N3O4. The van der Waals surface area contributed by atoms with Crippen molar-refractivity contribution in [1.82, 2.24) is 9.97 Å². The highest BCUT2D eigenvalue weighted by Gasteiger charge is 2.29. The Morgan fingerprint density at radius 1 is 1.10 bits per heavy atom. The normalized spacial score (nSPS) is 16.0. The minimum Gasteiger partial charge on any atom is -0.489 e. The van der Waals surface area contributed by atoms with Crippen LogP contribution in [0.4, 0.5) is 5.69 Å². The molecule has 3 aromatic rings. The molecule has 7 nitrogen and oxygen atoms in total. The van der Waals surface area contributed by atoms with Gasteiger partial charge < -0.3 is 19.5 Å². The summed E-state index contributed by atoms with van der Waals surface area (Å²) in [7, 11) is 0. The molecule has 2 aromatic heterocycles. The molecule has 0 aliphatic carbocycles. The van der Waals surface area contributed by atoms with Crippen LogP contribution in [0.2, 0.25) is 0 Å². The van der Waals surface area contributed by atoms with Crippen molar-refractivity contribution >= 4 is 11.7 Å². The molecule has 1 aromatic carbocycles. The lowest BCUT2D eigenvalue weighted by molar-refractivity contribution is -0.160. The van der Waals surface area contributed by atoms with Crippen LogP contribution in [0.3, 0.4) is 0 Å². The summed E-state index contributed by atoms with van der Waals surface area (Å²) in [5.74, 6) is -0.228. The number of pyridine rings is 2. The fourth-order valence-electron chi connectivity index (χ4n) is 5.01. The molecule has 1 saturated heterocycles. The van der Waals surface area contributed by atoms with Crippen molar-refractivity contribution in [2.45, 2.75) is 78.9 Å². The standard InChI is InChI=1S/C33H43N3O4/c1-23-29(39-18-10-13-24-11-8-7-9-12-24)28(36-16-14-33(5,6)15-17-36)20-27(35-23)25-19-26(22-34-21-25)30(31(37)38)40-32(2,3)4/h7-9,11-12,19-22,30H,10,13-18H2,1-6H3,(H,37,38)/t30-/m0/s1. The van der Waals surface area contributed by atoms with Crippen molar-refractivity contribution < 1.29 is 19.4 Å². The summed E-state index contributed by atoms with van der Waals surface area (Å²) in [6.07, 6.45) is 6.22. The van der Waals surface area contributed by atoms with Gasteiger partial charge in [-0.1, -0.05) is 44.2 Å². The maximum Gasteiger partial charge on any atom is 0.337 e. The Kier molecular flexibility index (Phi) is 9.14. The number of carboxylic acids is 1. The number of benzene rings is 1. The van der Waals surface area contributed by atoms with Gasteiger partial charge in [0.2, 0.25) is 0 Å². The Bertz CT molecular complexity index is 1290. The molecular weight excluding hydrogens is 502 g/mol. The van der Waals surface area contributed by atoms with E-state index in [2.05, 4.69) is 54.1 Å². The van der Waals surface area contributed by atoms with Crippen LogP contribution in [0.1, 0.15) is 76.8 Å². The number of carbonyl (C=O) groups is 1. The predicted molar refractivity (Wildman–Crippen MR) is 159 cm³/mol. The third-order valence-electron chi connectivity index (χ3n) is 7.33. The van der Waals surface area contributed by atoms with E-state index >= 15 is 0 Å². The molecule has 7 heteroatoms. The molecule has 0 radical (unpaired) electrons. The van der Waals surface area contributed by atoms with Gasteiger partial charge in [-0.3, -0.25) is 4.98 Å². The third-order valence-corrected chi connectivity index (χ3v) is 7.33. The smallest absolute Gasteiger partial charge is 0.337 e. The molecule has 1 atom stereocenters. The van der Waals surface area contributed by atoms with Crippen molar-refractivity contribution in [2.75, 3.05) is 24.6 Å². The molecule has 3 heterocycles. The highest BCUT2D eigenvalue weighted by molar-refractivity contribution is 5.76. The molecule has 1 fully saturated rings. The number of rotatable bonds is 10. The molecule has 1 aliphatic heterocycles. The molecule has 214 valence electrons. The van der Waals surface area contributed by atoms with Crippen LogP contribution in [-0.2, 0) is 16.0 Å². The van der Waals surface area contributed by atoms with Crippen LogP contribution in [0.5, 0.6) is 5.75 Å². The molecule has 0 amide bonds. The zero-order valence-corrected chi connectivity index (χ0v) is 24.7. The molecule has 0 bridgehead atoms. The van der Waals surface area contributed by atoms with Crippen molar-refractivity contribution in [3.63, 3.8) is 0 Å². The van der Waals surface area contributed by atoms with Crippen LogP contribution in [0.15, 0.2) is 54.9 Å². The van der Waals surface area contributed by atoms with Crippen LogP contribution < -0.4 is 9.64 Å². The Morgan fingerprint density at radius 3 is 2.45 bits per heavy atom. The summed E-state index contributed by atoms with van der Waals surface area (Å²) in [4.78, 5) is 23.7. The monoisotopic (exact) mass is 545 g/mol. The maximum absolute atomic E-state index is 12.1. The lowest BCUT2D eigenvalue weighted by atomic mass is 9.82. The molecule has 4 rings (SSSR count). The molecule has 0 saturated carbocycles. The number of aryl methyl sites for hydroxylation is 2. The van der Waals surface area contributed by atoms with Gasteiger partial charge in [0.25, 0.3) is 0 Å². The highest BCUT2D eigenvalue weighted by Crippen LogP contribution is 2.40. The average molecular weight is 546 g/mol. The predicted octanol–water partition coefficient (Wildman–Crippen LogP) is 7.03. The average Bonchev–Trinajstić information content (AvgIpc) is 2.90. The first-order valence-corrected chi connectivity index (χ1v) is 14.2. The number of hydrogen-bond donors (Lipinski definition) is 1. The Hall–Kier alpha value is -3.45. The van der Waals surface area contributed by atoms with Gasteiger partial charge in [0.1, 0.15) is 0 Å². The second-order valence-corrected chi connectivity index (χ2v) is 12.5. The van der Waals surface area contributed by atoms with Gasteiger partial charge in [-0.05, 0) is 76.5 Å². The van der Waals surface area contributed by atoms with Gasteiger partial charge in [-0.25, -0.2) is 9.78 Å². The van der Waals surface area contributed by atoms with Gasteiger partial charge in [0, 0.05) is 36.6 Å². The fourth-order valence-corrected chi connectivity index (χ4v) is 5.01. The fraction of sp³-hybridized carbons (Fsp3) is 0.485. The Labute approximate surface area is 238 Å².